The van der Waals surface area contributed by atoms with Gasteiger partial charge in [-0.05, 0) is 19.3 Å². The van der Waals surface area contributed by atoms with Crippen molar-refractivity contribution in [1.82, 2.24) is 26.2 Å². The molecule has 1 aliphatic heterocycles. The van der Waals surface area contributed by atoms with E-state index < -0.39 is 79.8 Å². The average molecular weight is 514 g/mol. The number of imide groups is 1. The molecule has 0 spiro atoms. The Bertz CT molecular complexity index is 859. The van der Waals surface area contributed by atoms with E-state index in [9.17, 15) is 37.5 Å². The predicted octanol–water partition coefficient (Wildman–Crippen LogP) is 0.132. The second kappa shape index (κ2) is 15.4. The number of carbonyl (C=O) groups is 6. The largest absolute Gasteiger partial charge is 0.347 e. The smallest absolute Gasteiger partial charge is 0.255 e. The van der Waals surface area contributed by atoms with Crippen LogP contribution in [0.15, 0.2) is 24.8 Å². The van der Waals surface area contributed by atoms with Crippen molar-refractivity contribution in [3.8, 4) is 0 Å². The van der Waals surface area contributed by atoms with E-state index in [1.165, 1.54) is 6.92 Å². The molecule has 0 saturated heterocycles. The maximum Gasteiger partial charge on any atom is 0.255 e. The van der Waals surface area contributed by atoms with E-state index in [1.807, 2.05) is 0 Å². The topological polar surface area (TPSA) is 154 Å². The summed E-state index contributed by atoms with van der Waals surface area (Å²) < 4.78 is 28.4. The van der Waals surface area contributed by atoms with Crippen molar-refractivity contribution in [3.05, 3.63) is 24.8 Å². The van der Waals surface area contributed by atoms with E-state index in [4.69, 9.17) is 0 Å². The molecular weight excluding hydrogens is 480 g/mol. The molecule has 0 aromatic rings. The molecule has 200 valence electrons. The maximum atomic E-state index is 14.2. The number of hydrogen-bond donors (Lipinski definition) is 4. The third-order valence-corrected chi connectivity index (χ3v) is 5.38. The highest BCUT2D eigenvalue weighted by atomic mass is 19.3. The zero-order valence-electron chi connectivity index (χ0n) is 20.2. The molecule has 0 radical (unpaired) electrons. The van der Waals surface area contributed by atoms with E-state index in [1.54, 1.807) is 6.08 Å². The molecule has 0 fully saturated rings. The third-order valence-electron chi connectivity index (χ3n) is 5.38. The first-order chi connectivity index (χ1) is 17.0. The molecule has 1 rings (SSSR count). The van der Waals surface area contributed by atoms with Gasteiger partial charge in [0.05, 0.1) is 19.6 Å². The van der Waals surface area contributed by atoms with Crippen molar-refractivity contribution >= 4 is 35.4 Å². The fourth-order valence-electron chi connectivity index (χ4n) is 3.20. The number of carbonyl (C=O) groups excluding carboxylic acids is 6. The van der Waals surface area contributed by atoms with Crippen molar-refractivity contribution in [2.24, 2.45) is 5.92 Å². The zero-order valence-corrected chi connectivity index (χ0v) is 20.2. The highest BCUT2D eigenvalue weighted by Crippen LogP contribution is 2.34. The van der Waals surface area contributed by atoms with Gasteiger partial charge in [0.2, 0.25) is 23.6 Å². The Morgan fingerprint density at radius 1 is 0.917 bits per heavy atom. The second-order valence-corrected chi connectivity index (χ2v) is 8.11. The Balaban J connectivity index is 2.29. The molecule has 11 nitrogen and oxygen atoms in total. The number of alkyl halides is 2. The minimum atomic E-state index is -3.01. The van der Waals surface area contributed by atoms with E-state index in [0.29, 0.717) is 19.3 Å². The Morgan fingerprint density at radius 2 is 1.42 bits per heavy atom. The van der Waals surface area contributed by atoms with Gasteiger partial charge in [-0.3, -0.25) is 33.7 Å². The number of rotatable bonds is 17. The molecule has 1 heterocycles. The molecule has 0 aromatic carbocycles. The van der Waals surface area contributed by atoms with Crippen LogP contribution in [0, 0.1) is 5.92 Å². The molecule has 1 atom stereocenters. The summed E-state index contributed by atoms with van der Waals surface area (Å²) in [5, 5.41) is 9.02. The number of nitrogens with one attached hydrogen (secondary N) is 4. The zero-order chi connectivity index (χ0) is 27.1. The fourth-order valence-corrected chi connectivity index (χ4v) is 3.20. The molecule has 0 bridgehead atoms. The molecule has 1 aliphatic rings. The molecular formula is C23H33F2N5O6. The molecule has 4 N–H and O–H groups in total. The average Bonchev–Trinajstić information content (AvgIpc) is 3.17. The first-order valence-electron chi connectivity index (χ1n) is 11.6. The van der Waals surface area contributed by atoms with E-state index in [2.05, 4.69) is 27.8 Å². The number of unbranched alkanes of at least 4 members (excludes halogenated alkanes) is 2. The van der Waals surface area contributed by atoms with E-state index in [0.717, 1.165) is 17.1 Å². The van der Waals surface area contributed by atoms with Crippen LogP contribution in [0.3, 0.4) is 0 Å². The molecule has 0 aromatic heterocycles. The summed E-state index contributed by atoms with van der Waals surface area (Å²) in [6.07, 6.45) is 5.10. The first kappa shape index (κ1) is 30.4. The minimum Gasteiger partial charge on any atom is -0.347 e. The van der Waals surface area contributed by atoms with Crippen LogP contribution >= 0.6 is 0 Å². The first-order valence-corrected chi connectivity index (χ1v) is 11.6. The second-order valence-electron chi connectivity index (χ2n) is 8.11. The lowest BCUT2D eigenvalue weighted by atomic mass is 9.89. The van der Waals surface area contributed by atoms with Gasteiger partial charge >= 0.3 is 0 Å². The quantitative estimate of drug-likeness (QED) is 0.123. The molecule has 36 heavy (non-hydrogen) atoms. The van der Waals surface area contributed by atoms with Crippen molar-refractivity contribution in [1.29, 1.82) is 0 Å². The van der Waals surface area contributed by atoms with Crippen LogP contribution in [-0.2, 0) is 28.8 Å². The van der Waals surface area contributed by atoms with Gasteiger partial charge in [0.15, 0.2) is 0 Å². The van der Waals surface area contributed by atoms with Crippen LogP contribution < -0.4 is 21.3 Å². The standard InChI is InChI=1S/C23H33F2N5O6/c1-3-5-6-7-8-16(23(24,25)4-2)11-17(31)26-12-18(32)27-13-19(33)28-14-20(34)29-15-30-21(35)9-10-22(30)36/h3,9-10,16H,1,4-8,11-15H2,2H3,(H,26,31)(H,27,32)(H,28,33)(H,29,34). The van der Waals surface area contributed by atoms with Gasteiger partial charge in [-0.2, -0.15) is 0 Å². The number of halogens is 2. The number of amides is 6. The lowest BCUT2D eigenvalue weighted by Crippen LogP contribution is -2.47. The van der Waals surface area contributed by atoms with Gasteiger partial charge in [-0.25, -0.2) is 8.78 Å². The van der Waals surface area contributed by atoms with Crippen LogP contribution in [0.4, 0.5) is 8.78 Å². The van der Waals surface area contributed by atoms with Gasteiger partial charge in [-0.1, -0.05) is 19.4 Å². The van der Waals surface area contributed by atoms with Crippen molar-refractivity contribution in [2.45, 2.75) is 51.4 Å². The normalized spacial score (nSPS) is 13.8. The predicted molar refractivity (Wildman–Crippen MR) is 125 cm³/mol. The number of nitrogens with zero attached hydrogens (tertiary/aromatic N) is 1. The highest BCUT2D eigenvalue weighted by Gasteiger charge is 2.38. The SMILES string of the molecule is C=CCCCCC(CC(=O)NCC(=O)NCC(=O)NCC(=O)NCN1C(=O)C=CC1=O)C(F)(F)CC. The summed E-state index contributed by atoms with van der Waals surface area (Å²) in [6, 6.07) is 0. The van der Waals surface area contributed by atoms with Crippen LogP contribution in [0.5, 0.6) is 0 Å². The lowest BCUT2D eigenvalue weighted by molar-refractivity contribution is -0.138. The fraction of sp³-hybridized carbons (Fsp3) is 0.565. The monoisotopic (exact) mass is 513 g/mol. The van der Waals surface area contributed by atoms with Crippen molar-refractivity contribution in [2.75, 3.05) is 26.3 Å². The number of allylic oxidation sites excluding steroid dienone is 1. The van der Waals surface area contributed by atoms with Crippen molar-refractivity contribution in [3.63, 3.8) is 0 Å². The lowest BCUT2D eigenvalue weighted by Gasteiger charge is -2.25. The van der Waals surface area contributed by atoms with Crippen LogP contribution in [0.1, 0.15) is 45.4 Å². The molecule has 0 aliphatic carbocycles. The Morgan fingerprint density at radius 3 is 1.92 bits per heavy atom. The van der Waals surface area contributed by atoms with Gasteiger partial charge in [0, 0.05) is 30.9 Å². The molecule has 0 saturated carbocycles. The third kappa shape index (κ3) is 11.2. The summed E-state index contributed by atoms with van der Waals surface area (Å²) >= 11 is 0. The summed E-state index contributed by atoms with van der Waals surface area (Å²) in [7, 11) is 0. The van der Waals surface area contributed by atoms with Gasteiger partial charge in [-0.15, -0.1) is 6.58 Å². The van der Waals surface area contributed by atoms with E-state index in [-0.39, 0.29) is 13.1 Å². The maximum absolute atomic E-state index is 14.2. The van der Waals surface area contributed by atoms with Gasteiger partial charge < -0.3 is 21.3 Å². The van der Waals surface area contributed by atoms with Gasteiger partial charge in [0.1, 0.15) is 6.67 Å². The Hall–Kier alpha value is -3.64. The van der Waals surface area contributed by atoms with Crippen LogP contribution in [0.25, 0.3) is 0 Å². The van der Waals surface area contributed by atoms with Crippen LogP contribution in [-0.4, -0.2) is 72.6 Å². The molecule has 13 heteroatoms. The summed E-state index contributed by atoms with van der Waals surface area (Å²) in [5.74, 6) is -8.09. The van der Waals surface area contributed by atoms with Crippen molar-refractivity contribution < 1.29 is 37.5 Å². The minimum absolute atomic E-state index is 0.170. The summed E-state index contributed by atoms with van der Waals surface area (Å²) in [5.41, 5.74) is 0. The summed E-state index contributed by atoms with van der Waals surface area (Å²) in [6.45, 7) is 3.13. The Labute approximate surface area is 208 Å². The molecule has 1 unspecified atom stereocenters. The van der Waals surface area contributed by atoms with Gasteiger partial charge in [0.25, 0.3) is 17.7 Å². The Kier molecular flexibility index (Phi) is 13.0. The highest BCUT2D eigenvalue weighted by molar-refractivity contribution is 6.13. The van der Waals surface area contributed by atoms with Crippen LogP contribution in [0.2, 0.25) is 0 Å². The number of hydrogen-bond acceptors (Lipinski definition) is 6. The summed E-state index contributed by atoms with van der Waals surface area (Å²) in [4.78, 5) is 71.0. The molecule has 6 amide bonds. The van der Waals surface area contributed by atoms with E-state index >= 15 is 0 Å².